The molecule has 1 saturated carbocycles. The molecule has 0 unspecified atom stereocenters. The van der Waals surface area contributed by atoms with E-state index in [-0.39, 0.29) is 36.5 Å². The summed E-state index contributed by atoms with van der Waals surface area (Å²) in [5.74, 6) is -0.485. The SMILES string of the molecule is C[C@@H](c1ccc(C(N)=O)cc1)N1C(=O)[C@H]2C[C@@H]1CN2C[C@H](NC(=O)OC(C)(C)C)C(=O)N1[C@H](C#N)C[C@@H]2C[C@@H]21. The molecule has 5 rings (SSSR count). The van der Waals surface area contributed by atoms with Crippen molar-refractivity contribution >= 4 is 23.8 Å². The first-order chi connectivity index (χ1) is 18.4. The molecule has 208 valence electrons. The van der Waals surface area contributed by atoms with Crippen LogP contribution in [-0.4, -0.2) is 87.4 Å². The third kappa shape index (κ3) is 5.17. The number of ether oxygens (including phenoxy) is 1. The van der Waals surface area contributed by atoms with Gasteiger partial charge in [-0.05, 0) is 70.6 Å². The fourth-order valence-corrected chi connectivity index (χ4v) is 6.42. The number of nitrogens with one attached hydrogen (secondary N) is 1. The predicted molar refractivity (Wildman–Crippen MR) is 140 cm³/mol. The Hall–Kier alpha value is -3.65. The van der Waals surface area contributed by atoms with E-state index in [0.29, 0.717) is 30.9 Å². The molecule has 1 aromatic carbocycles. The van der Waals surface area contributed by atoms with Crippen LogP contribution in [0.4, 0.5) is 4.79 Å². The lowest BCUT2D eigenvalue weighted by Gasteiger charge is -2.39. The number of nitrogens with two attached hydrogens (primary N) is 1. The number of piperazine rings is 1. The number of alkyl carbamates (subject to hydrolysis) is 1. The summed E-state index contributed by atoms with van der Waals surface area (Å²) in [5.41, 5.74) is 5.93. The summed E-state index contributed by atoms with van der Waals surface area (Å²) in [4.78, 5) is 56.8. The van der Waals surface area contributed by atoms with Gasteiger partial charge in [-0.2, -0.15) is 5.26 Å². The minimum Gasteiger partial charge on any atom is -0.444 e. The topological polar surface area (TPSA) is 149 Å². The molecule has 3 heterocycles. The standard InChI is InChI=1S/C28H36N6O5/c1-15(16-5-7-17(8-6-16)24(30)35)33-20-11-23(26(33)37)32(13-20)14-21(31-27(38)39-28(2,3)4)25(36)34-19(12-29)9-18-10-22(18)34/h5-8,15,18-23H,9-11,13-14H2,1-4H3,(H2,30,35)(H,31,38)/t15-,18+,19-,20+,21-,22-,23+/m0/s1. The summed E-state index contributed by atoms with van der Waals surface area (Å²) in [6.07, 6.45) is 1.46. The number of rotatable bonds is 7. The highest BCUT2D eigenvalue weighted by Gasteiger charge is 2.56. The van der Waals surface area contributed by atoms with Crippen LogP contribution in [0.25, 0.3) is 0 Å². The van der Waals surface area contributed by atoms with Gasteiger partial charge in [0.15, 0.2) is 0 Å². The monoisotopic (exact) mass is 536 g/mol. The van der Waals surface area contributed by atoms with Crippen molar-refractivity contribution in [2.45, 2.75) is 88.8 Å². The van der Waals surface area contributed by atoms with Crippen LogP contribution in [0.3, 0.4) is 0 Å². The zero-order valence-corrected chi connectivity index (χ0v) is 22.8. The van der Waals surface area contributed by atoms with Crippen molar-refractivity contribution in [3.8, 4) is 6.07 Å². The van der Waals surface area contributed by atoms with Crippen molar-refractivity contribution in [1.82, 2.24) is 20.0 Å². The first-order valence-corrected chi connectivity index (χ1v) is 13.5. The number of nitriles is 1. The third-order valence-electron chi connectivity index (χ3n) is 8.32. The number of benzene rings is 1. The molecular weight excluding hydrogens is 500 g/mol. The summed E-state index contributed by atoms with van der Waals surface area (Å²) >= 11 is 0. The van der Waals surface area contributed by atoms with Crippen molar-refractivity contribution < 1.29 is 23.9 Å². The zero-order valence-electron chi connectivity index (χ0n) is 22.8. The van der Waals surface area contributed by atoms with Crippen LogP contribution in [-0.2, 0) is 14.3 Å². The van der Waals surface area contributed by atoms with E-state index in [1.54, 1.807) is 37.8 Å². The maximum Gasteiger partial charge on any atom is 0.408 e. The van der Waals surface area contributed by atoms with Gasteiger partial charge in [-0.3, -0.25) is 19.3 Å². The molecule has 11 heteroatoms. The second-order valence-electron chi connectivity index (χ2n) is 12.2. The molecule has 7 atom stereocenters. The number of amides is 4. The molecule has 4 amide bonds. The average Bonchev–Trinajstić information content (AvgIpc) is 3.18. The fourth-order valence-electron chi connectivity index (χ4n) is 6.42. The fraction of sp³-hybridized carbons (Fsp3) is 0.607. The maximum atomic E-state index is 13.7. The molecule has 0 aromatic heterocycles. The number of carbonyl (C=O) groups excluding carboxylic acids is 4. The number of carbonyl (C=O) groups is 4. The van der Waals surface area contributed by atoms with E-state index in [2.05, 4.69) is 11.4 Å². The van der Waals surface area contributed by atoms with Crippen molar-refractivity contribution in [1.29, 1.82) is 5.26 Å². The number of primary amides is 1. The van der Waals surface area contributed by atoms with E-state index in [1.807, 2.05) is 28.9 Å². The Labute approximate surface area is 228 Å². The Bertz CT molecular complexity index is 1220. The van der Waals surface area contributed by atoms with Crippen molar-refractivity contribution in [3.05, 3.63) is 35.4 Å². The number of hydrogen-bond donors (Lipinski definition) is 2. The molecule has 0 radical (unpaired) electrons. The molecule has 3 saturated heterocycles. The van der Waals surface area contributed by atoms with Crippen LogP contribution in [0.5, 0.6) is 0 Å². The first kappa shape index (κ1) is 26.9. The van der Waals surface area contributed by atoms with E-state index in [4.69, 9.17) is 10.5 Å². The van der Waals surface area contributed by atoms with Gasteiger partial charge in [-0.15, -0.1) is 0 Å². The number of fused-ring (bicyclic) bond motifs is 3. The molecule has 4 aliphatic rings. The lowest BCUT2D eigenvalue weighted by Crippen LogP contribution is -2.59. The minimum absolute atomic E-state index is 0.0282. The third-order valence-corrected chi connectivity index (χ3v) is 8.32. The second kappa shape index (κ2) is 9.83. The van der Waals surface area contributed by atoms with Gasteiger partial charge in [-0.25, -0.2) is 4.79 Å². The van der Waals surface area contributed by atoms with Crippen LogP contribution < -0.4 is 11.1 Å². The van der Waals surface area contributed by atoms with Gasteiger partial charge in [-0.1, -0.05) is 12.1 Å². The smallest absolute Gasteiger partial charge is 0.408 e. The second-order valence-corrected chi connectivity index (χ2v) is 12.2. The van der Waals surface area contributed by atoms with Crippen LogP contribution in [0.15, 0.2) is 24.3 Å². The summed E-state index contributed by atoms with van der Waals surface area (Å²) in [7, 11) is 0. The molecule has 3 N–H and O–H groups in total. The molecule has 3 aliphatic heterocycles. The van der Waals surface area contributed by atoms with E-state index < -0.39 is 35.7 Å². The van der Waals surface area contributed by atoms with E-state index in [1.165, 1.54) is 0 Å². The normalized spacial score (nSPS) is 29.0. The van der Waals surface area contributed by atoms with Crippen LogP contribution in [0.1, 0.15) is 68.9 Å². The Morgan fingerprint density at radius 1 is 1.18 bits per heavy atom. The Morgan fingerprint density at radius 2 is 1.87 bits per heavy atom. The van der Waals surface area contributed by atoms with Gasteiger partial charge in [0, 0.05) is 30.7 Å². The van der Waals surface area contributed by atoms with Gasteiger partial charge in [0.05, 0.1) is 18.2 Å². The number of piperidine rings is 1. The Kier molecular flexibility index (Phi) is 6.79. The molecule has 39 heavy (non-hydrogen) atoms. The van der Waals surface area contributed by atoms with Gasteiger partial charge in [0.2, 0.25) is 17.7 Å². The predicted octanol–water partition coefficient (Wildman–Crippen LogP) is 1.54. The number of likely N-dealkylation sites (tertiary alicyclic amines) is 3. The summed E-state index contributed by atoms with van der Waals surface area (Å²) in [6.45, 7) is 7.93. The molecule has 2 bridgehead atoms. The zero-order chi connectivity index (χ0) is 28.2. The van der Waals surface area contributed by atoms with Crippen molar-refractivity contribution in [2.75, 3.05) is 13.1 Å². The lowest BCUT2D eigenvalue weighted by molar-refractivity contribution is -0.141. The molecule has 4 fully saturated rings. The van der Waals surface area contributed by atoms with Crippen LogP contribution >= 0.6 is 0 Å². The molecular formula is C28H36N6O5. The minimum atomic E-state index is -0.936. The average molecular weight is 537 g/mol. The van der Waals surface area contributed by atoms with E-state index in [9.17, 15) is 24.4 Å². The Balaban J connectivity index is 1.30. The summed E-state index contributed by atoms with van der Waals surface area (Å²) in [6, 6.07) is 7.15. The molecule has 11 nitrogen and oxygen atoms in total. The molecule has 1 aliphatic carbocycles. The lowest BCUT2D eigenvalue weighted by atomic mass is 10.0. The summed E-state index contributed by atoms with van der Waals surface area (Å²) < 4.78 is 5.43. The molecule has 0 spiro atoms. The number of hydrogen-bond acceptors (Lipinski definition) is 7. The highest BCUT2D eigenvalue weighted by atomic mass is 16.6. The first-order valence-electron chi connectivity index (χ1n) is 13.5. The number of nitrogens with zero attached hydrogens (tertiary/aromatic N) is 4. The van der Waals surface area contributed by atoms with Gasteiger partial charge in [0.25, 0.3) is 0 Å². The van der Waals surface area contributed by atoms with Crippen LogP contribution in [0.2, 0.25) is 0 Å². The van der Waals surface area contributed by atoms with Gasteiger partial charge < -0.3 is 25.6 Å². The Morgan fingerprint density at radius 3 is 2.46 bits per heavy atom. The maximum absolute atomic E-state index is 13.7. The van der Waals surface area contributed by atoms with Gasteiger partial charge >= 0.3 is 6.09 Å². The van der Waals surface area contributed by atoms with E-state index >= 15 is 0 Å². The van der Waals surface area contributed by atoms with Crippen LogP contribution in [0, 0.1) is 17.2 Å². The largest absolute Gasteiger partial charge is 0.444 e. The van der Waals surface area contributed by atoms with E-state index in [0.717, 1.165) is 12.0 Å². The summed E-state index contributed by atoms with van der Waals surface area (Å²) in [5, 5.41) is 12.4. The quantitative estimate of drug-likeness (QED) is 0.537. The van der Waals surface area contributed by atoms with Crippen molar-refractivity contribution in [3.63, 3.8) is 0 Å². The highest BCUT2D eigenvalue weighted by Crippen LogP contribution is 2.48. The molecule has 1 aromatic rings. The van der Waals surface area contributed by atoms with Crippen molar-refractivity contribution in [2.24, 2.45) is 11.7 Å². The highest BCUT2D eigenvalue weighted by molar-refractivity contribution is 5.93. The van der Waals surface area contributed by atoms with Gasteiger partial charge in [0.1, 0.15) is 17.7 Å².